The molecule has 2 aliphatic heterocycles. The van der Waals surface area contributed by atoms with E-state index < -0.39 is 17.5 Å². The highest BCUT2D eigenvalue weighted by Crippen LogP contribution is 2.46. The van der Waals surface area contributed by atoms with Crippen molar-refractivity contribution in [2.24, 2.45) is 4.99 Å². The van der Waals surface area contributed by atoms with Crippen LogP contribution in [0.15, 0.2) is 41.4 Å². The maximum absolute atomic E-state index is 13.6. The number of amides is 1. The summed E-state index contributed by atoms with van der Waals surface area (Å²) in [6.45, 7) is 7.98. The highest BCUT2D eigenvalue weighted by atomic mass is 16.5. The van der Waals surface area contributed by atoms with Crippen LogP contribution in [0.1, 0.15) is 58.2 Å². The van der Waals surface area contributed by atoms with E-state index in [1.165, 1.54) is 32.4 Å². The van der Waals surface area contributed by atoms with Gasteiger partial charge in [0, 0.05) is 11.1 Å². The lowest BCUT2D eigenvalue weighted by Crippen LogP contribution is -2.47. The highest BCUT2D eigenvalue weighted by Gasteiger charge is 2.45. The molecule has 1 amide bonds. The molecule has 0 bridgehead atoms. The molecule has 2 aromatic rings. The topological polar surface area (TPSA) is 85.3 Å². The molecule has 4 rings (SSSR count). The molecule has 0 spiro atoms. The molecule has 7 nitrogen and oxygen atoms in total. The lowest BCUT2D eigenvalue weighted by molar-refractivity contribution is -0.112. The average molecular weight is 432 g/mol. The second kappa shape index (κ2) is 7.44. The molecule has 0 N–H and O–H groups in total. The summed E-state index contributed by atoms with van der Waals surface area (Å²) in [6, 6.07) is 8.37. The summed E-state index contributed by atoms with van der Waals surface area (Å²) in [5, 5.41) is 0. The number of allylic oxidation sites excluding steroid dienone is 1. The Morgan fingerprint density at radius 2 is 1.47 bits per heavy atom. The zero-order valence-corrected chi connectivity index (χ0v) is 18.9. The summed E-state index contributed by atoms with van der Waals surface area (Å²) < 4.78 is 9.60. The number of hydrogen-bond donors (Lipinski definition) is 0. The van der Waals surface area contributed by atoms with Crippen molar-refractivity contribution in [1.29, 1.82) is 0 Å². The fraction of sp³-hybridized carbons (Fsp3) is 0.280. The number of carbonyl (C=O) groups is 3. The predicted octanol–water partition coefficient (Wildman–Crippen LogP) is 4.23. The number of anilines is 1. The fourth-order valence-corrected chi connectivity index (χ4v) is 4.43. The molecule has 2 heterocycles. The Kier molecular flexibility index (Phi) is 5.00. The Balaban J connectivity index is 1.95. The Bertz CT molecular complexity index is 1220. The third-order valence-corrected chi connectivity index (χ3v) is 5.71. The van der Waals surface area contributed by atoms with E-state index >= 15 is 0 Å². The van der Waals surface area contributed by atoms with E-state index in [4.69, 9.17) is 9.47 Å². The van der Waals surface area contributed by atoms with Crippen LogP contribution in [0.4, 0.5) is 11.4 Å². The molecule has 164 valence electrons. The molecule has 0 radical (unpaired) electrons. The van der Waals surface area contributed by atoms with Crippen molar-refractivity contribution in [1.82, 2.24) is 0 Å². The second-order valence-electron chi connectivity index (χ2n) is 8.54. The third-order valence-electron chi connectivity index (χ3n) is 5.71. The number of aryl methyl sites for hydroxylation is 1. The number of nitrogens with zero attached hydrogens (tertiary/aromatic N) is 2. The van der Waals surface area contributed by atoms with E-state index in [0.717, 1.165) is 28.0 Å². The first-order valence-electron chi connectivity index (χ1n) is 10.2. The van der Waals surface area contributed by atoms with Gasteiger partial charge < -0.3 is 9.47 Å². The van der Waals surface area contributed by atoms with Gasteiger partial charge in [0.1, 0.15) is 5.71 Å². The van der Waals surface area contributed by atoms with E-state index in [2.05, 4.69) is 17.1 Å². The van der Waals surface area contributed by atoms with Crippen molar-refractivity contribution in [3.63, 3.8) is 0 Å². The van der Waals surface area contributed by atoms with Crippen LogP contribution in [-0.4, -0.2) is 43.3 Å². The first-order valence-corrected chi connectivity index (χ1v) is 10.2. The van der Waals surface area contributed by atoms with Gasteiger partial charge in [0.2, 0.25) is 0 Å². The average Bonchev–Trinajstić information content (AvgIpc) is 3.02. The first-order chi connectivity index (χ1) is 15.1. The molecule has 0 fully saturated rings. The van der Waals surface area contributed by atoms with Crippen molar-refractivity contribution in [3.05, 3.63) is 64.2 Å². The number of rotatable bonds is 3. The second-order valence-corrected chi connectivity index (χ2v) is 8.54. The van der Waals surface area contributed by atoms with Crippen LogP contribution in [0, 0.1) is 6.92 Å². The Morgan fingerprint density at radius 1 is 0.906 bits per heavy atom. The SMILES string of the molecule is COC(=O)c1cc(N=C2C(=O)N3c4c(cc(C)cc42)C(C)=CC3(C)C)cc(C(=O)OC)c1. The van der Waals surface area contributed by atoms with Gasteiger partial charge in [0.15, 0.2) is 0 Å². The minimum absolute atomic E-state index is 0.143. The largest absolute Gasteiger partial charge is 0.465 e. The fourth-order valence-electron chi connectivity index (χ4n) is 4.43. The van der Waals surface area contributed by atoms with Gasteiger partial charge >= 0.3 is 11.9 Å². The molecule has 2 aromatic carbocycles. The summed E-state index contributed by atoms with van der Waals surface area (Å²) in [7, 11) is 2.51. The number of methoxy groups -OCH3 is 2. The number of carbonyl (C=O) groups excluding carboxylic acids is 3. The third kappa shape index (κ3) is 3.30. The Hall–Kier alpha value is -3.74. The zero-order chi connectivity index (χ0) is 23.4. The predicted molar refractivity (Wildman–Crippen MR) is 122 cm³/mol. The molecule has 0 unspecified atom stereocenters. The van der Waals surface area contributed by atoms with Crippen LogP contribution in [0.25, 0.3) is 5.57 Å². The molecule has 0 aliphatic carbocycles. The van der Waals surface area contributed by atoms with E-state index in [0.29, 0.717) is 0 Å². The first kappa shape index (κ1) is 21.5. The van der Waals surface area contributed by atoms with Gasteiger partial charge in [0.05, 0.1) is 42.3 Å². The molecular weight excluding hydrogens is 408 g/mol. The minimum atomic E-state index is -0.617. The van der Waals surface area contributed by atoms with Crippen LogP contribution >= 0.6 is 0 Å². The van der Waals surface area contributed by atoms with Gasteiger partial charge in [-0.1, -0.05) is 6.08 Å². The van der Waals surface area contributed by atoms with Gasteiger partial charge in [-0.3, -0.25) is 9.69 Å². The van der Waals surface area contributed by atoms with Crippen LogP contribution < -0.4 is 4.90 Å². The van der Waals surface area contributed by atoms with Crippen molar-refractivity contribution in [2.45, 2.75) is 33.2 Å². The Labute approximate surface area is 186 Å². The van der Waals surface area contributed by atoms with Gasteiger partial charge in [-0.2, -0.15) is 0 Å². The highest BCUT2D eigenvalue weighted by molar-refractivity contribution is 6.55. The zero-order valence-electron chi connectivity index (χ0n) is 18.9. The van der Waals surface area contributed by atoms with Crippen LogP contribution in [0.3, 0.4) is 0 Å². The molecule has 0 aromatic heterocycles. The van der Waals surface area contributed by atoms with Crippen molar-refractivity contribution < 1.29 is 23.9 Å². The van der Waals surface area contributed by atoms with Crippen molar-refractivity contribution >= 4 is 40.5 Å². The quantitative estimate of drug-likeness (QED) is 0.678. The van der Waals surface area contributed by atoms with Gasteiger partial charge in [-0.05, 0) is 69.2 Å². The van der Waals surface area contributed by atoms with Gasteiger partial charge in [-0.15, -0.1) is 0 Å². The minimum Gasteiger partial charge on any atom is -0.465 e. The van der Waals surface area contributed by atoms with Crippen LogP contribution in [-0.2, 0) is 14.3 Å². The van der Waals surface area contributed by atoms with E-state index in [1.807, 2.05) is 33.8 Å². The maximum atomic E-state index is 13.6. The monoisotopic (exact) mass is 432 g/mol. The summed E-state index contributed by atoms with van der Waals surface area (Å²) >= 11 is 0. The molecule has 2 aliphatic rings. The van der Waals surface area contributed by atoms with Crippen LogP contribution in [0.5, 0.6) is 0 Å². The molecule has 0 atom stereocenters. The number of aliphatic imine (C=N–C) groups is 1. The summed E-state index contributed by atoms with van der Waals surface area (Å²) in [5.41, 5.74) is 4.97. The van der Waals surface area contributed by atoms with Crippen molar-refractivity contribution in [2.75, 3.05) is 19.1 Å². The lowest BCUT2D eigenvalue weighted by atomic mass is 9.88. The maximum Gasteiger partial charge on any atom is 0.337 e. The van der Waals surface area contributed by atoms with Crippen molar-refractivity contribution in [3.8, 4) is 0 Å². The molecule has 0 saturated carbocycles. The van der Waals surface area contributed by atoms with E-state index in [-0.39, 0.29) is 28.4 Å². The van der Waals surface area contributed by atoms with Gasteiger partial charge in [0.25, 0.3) is 5.91 Å². The smallest absolute Gasteiger partial charge is 0.337 e. The summed E-state index contributed by atoms with van der Waals surface area (Å²) in [6.07, 6.45) is 2.08. The van der Waals surface area contributed by atoms with Gasteiger partial charge in [-0.25, -0.2) is 14.6 Å². The normalized spacial score (nSPS) is 17.2. The molecule has 7 heteroatoms. The Morgan fingerprint density at radius 3 is 2.03 bits per heavy atom. The summed E-state index contributed by atoms with van der Waals surface area (Å²) in [5.74, 6) is -1.47. The number of esters is 2. The lowest BCUT2D eigenvalue weighted by Gasteiger charge is -2.38. The molecule has 32 heavy (non-hydrogen) atoms. The van der Waals surface area contributed by atoms with E-state index in [9.17, 15) is 14.4 Å². The number of ether oxygens (including phenoxy) is 2. The van der Waals surface area contributed by atoms with Crippen LogP contribution in [0.2, 0.25) is 0 Å². The number of hydrogen-bond acceptors (Lipinski definition) is 6. The number of benzene rings is 2. The standard InChI is InChI=1S/C25H24N2O5/c1-13-7-18-14(2)12-25(3,4)27-21(18)19(8-13)20(22(27)28)26-17-10-15(23(29)31-5)9-16(11-17)24(30)32-6/h7-12H,1-6H3. The molecule has 0 saturated heterocycles. The molecular formula is C25H24N2O5. The summed E-state index contributed by atoms with van der Waals surface area (Å²) in [4.78, 5) is 44.2. The van der Waals surface area contributed by atoms with E-state index in [1.54, 1.807) is 4.90 Å².